The summed E-state index contributed by atoms with van der Waals surface area (Å²) in [6.45, 7) is -0.167. The first-order valence-corrected chi connectivity index (χ1v) is 3.27. The number of alkyl halides is 2. The van der Waals surface area contributed by atoms with Crippen molar-refractivity contribution < 1.29 is 5.11 Å². The Kier molecular flexibility index (Phi) is 3.73. The third-order valence-corrected chi connectivity index (χ3v) is 1.91. The fourth-order valence-corrected chi connectivity index (χ4v) is 0.575. The van der Waals surface area contributed by atoms with Crippen LogP contribution < -0.4 is 5.73 Å². The Bertz CT molecular complexity index is 56.8. The highest BCUT2D eigenvalue weighted by molar-refractivity contribution is 6.22. The van der Waals surface area contributed by atoms with E-state index in [1.165, 1.54) is 0 Å². The van der Waals surface area contributed by atoms with Gasteiger partial charge in [0.15, 0.2) is 0 Å². The number of nitrogens with two attached hydrogens (primary N) is 1. The summed E-state index contributed by atoms with van der Waals surface area (Å²) in [4.78, 5) is 0. The second-order valence-electron chi connectivity index (χ2n) is 1.79. The van der Waals surface area contributed by atoms with E-state index in [9.17, 15) is 0 Å². The fraction of sp³-hybridized carbons (Fsp3) is 1.00. The number of hydrogen-bond acceptors (Lipinski definition) is 2. The van der Waals surface area contributed by atoms with E-state index < -0.39 is 5.54 Å². The van der Waals surface area contributed by atoms with Gasteiger partial charge in [0.05, 0.1) is 12.1 Å². The summed E-state index contributed by atoms with van der Waals surface area (Å²) < 4.78 is 0. The van der Waals surface area contributed by atoms with Crippen molar-refractivity contribution in [2.24, 2.45) is 5.73 Å². The Hall–Kier alpha value is 0.500. The summed E-state index contributed by atoms with van der Waals surface area (Å²) >= 11 is 10.7. The van der Waals surface area contributed by atoms with Crippen LogP contribution in [0.5, 0.6) is 0 Å². The van der Waals surface area contributed by atoms with Crippen LogP contribution >= 0.6 is 23.2 Å². The number of aliphatic hydroxyl groups is 1. The third kappa shape index (κ3) is 2.18. The molecule has 50 valence electrons. The number of hydrogen-bond donors (Lipinski definition) is 2. The number of halogens is 2. The normalized spacial score (nSPS) is 12.0. The molecule has 3 N–H and O–H groups in total. The van der Waals surface area contributed by atoms with Gasteiger partial charge in [-0.05, 0) is 0 Å². The highest BCUT2D eigenvalue weighted by atomic mass is 35.5. The maximum Gasteiger partial charge on any atom is 0.0662 e. The van der Waals surface area contributed by atoms with E-state index in [1.54, 1.807) is 0 Å². The van der Waals surface area contributed by atoms with Crippen molar-refractivity contribution in [1.82, 2.24) is 0 Å². The Labute approximate surface area is 58.6 Å². The standard InChI is InChI=1S/C4H9Cl2NO/c5-1-4(7,2-6)3-8/h8H,1-3,7H2. The minimum atomic E-state index is -0.789. The minimum absolute atomic E-state index is 0.167. The van der Waals surface area contributed by atoms with Crippen LogP contribution in [0.3, 0.4) is 0 Å². The second-order valence-corrected chi connectivity index (χ2v) is 2.32. The molecule has 0 bridgehead atoms. The molecule has 0 aliphatic carbocycles. The summed E-state index contributed by atoms with van der Waals surface area (Å²) in [6, 6.07) is 0. The van der Waals surface area contributed by atoms with Crippen molar-refractivity contribution >= 4 is 23.2 Å². The van der Waals surface area contributed by atoms with Crippen LogP contribution in [0.25, 0.3) is 0 Å². The van der Waals surface area contributed by atoms with Crippen LogP contribution in [0.4, 0.5) is 0 Å². The van der Waals surface area contributed by atoms with Crippen molar-refractivity contribution in [3.8, 4) is 0 Å². The highest BCUT2D eigenvalue weighted by Gasteiger charge is 2.20. The molecule has 0 unspecified atom stereocenters. The number of rotatable bonds is 3. The fourth-order valence-electron chi connectivity index (χ4n) is 0.120. The van der Waals surface area contributed by atoms with Gasteiger partial charge in [-0.15, -0.1) is 23.2 Å². The predicted molar refractivity (Wildman–Crippen MR) is 35.4 cm³/mol. The van der Waals surface area contributed by atoms with Gasteiger partial charge >= 0.3 is 0 Å². The molecule has 0 spiro atoms. The second kappa shape index (κ2) is 3.51. The van der Waals surface area contributed by atoms with Gasteiger partial charge in [-0.1, -0.05) is 0 Å². The van der Waals surface area contributed by atoms with Gasteiger partial charge < -0.3 is 10.8 Å². The quantitative estimate of drug-likeness (QED) is 0.574. The molecule has 4 heteroatoms. The molecule has 0 atom stereocenters. The lowest BCUT2D eigenvalue weighted by molar-refractivity contribution is 0.225. The largest absolute Gasteiger partial charge is 0.394 e. The molecule has 0 heterocycles. The molecule has 0 saturated carbocycles. The van der Waals surface area contributed by atoms with Crippen LogP contribution in [0.2, 0.25) is 0 Å². The van der Waals surface area contributed by atoms with E-state index in [1.807, 2.05) is 0 Å². The van der Waals surface area contributed by atoms with Gasteiger partial charge in [0.1, 0.15) is 0 Å². The third-order valence-electron chi connectivity index (χ3n) is 0.847. The van der Waals surface area contributed by atoms with Gasteiger partial charge in [0.2, 0.25) is 0 Å². The van der Waals surface area contributed by atoms with Gasteiger partial charge in [-0.3, -0.25) is 0 Å². The van der Waals surface area contributed by atoms with E-state index in [4.69, 9.17) is 34.0 Å². The van der Waals surface area contributed by atoms with Gasteiger partial charge in [0.25, 0.3) is 0 Å². The lowest BCUT2D eigenvalue weighted by Crippen LogP contribution is -2.47. The van der Waals surface area contributed by atoms with E-state index in [2.05, 4.69) is 0 Å². The Morgan fingerprint density at radius 2 is 1.75 bits per heavy atom. The monoisotopic (exact) mass is 157 g/mol. The molecule has 0 amide bonds. The number of aliphatic hydroxyl groups excluding tert-OH is 1. The van der Waals surface area contributed by atoms with Gasteiger partial charge in [0, 0.05) is 11.8 Å². The molecule has 2 nitrogen and oxygen atoms in total. The molecule has 0 aromatic rings. The van der Waals surface area contributed by atoms with E-state index >= 15 is 0 Å². The van der Waals surface area contributed by atoms with Crippen LogP contribution in [-0.4, -0.2) is 29.0 Å². The summed E-state index contributed by atoms with van der Waals surface area (Å²) in [5.74, 6) is 0.375. The molecule has 0 rings (SSSR count). The maximum atomic E-state index is 8.49. The van der Waals surface area contributed by atoms with E-state index in [-0.39, 0.29) is 18.4 Å². The Morgan fingerprint density at radius 1 is 1.38 bits per heavy atom. The average Bonchev–Trinajstić information content (AvgIpc) is 1.87. The van der Waals surface area contributed by atoms with Crippen LogP contribution in [-0.2, 0) is 0 Å². The van der Waals surface area contributed by atoms with Crippen molar-refractivity contribution in [2.45, 2.75) is 5.54 Å². The molecule has 0 radical (unpaired) electrons. The highest BCUT2D eigenvalue weighted by Crippen LogP contribution is 2.03. The predicted octanol–water partition coefficient (Wildman–Crippen LogP) is 0.154. The van der Waals surface area contributed by atoms with Crippen LogP contribution in [0, 0.1) is 0 Å². The SMILES string of the molecule is NC(CO)(CCl)CCl. The van der Waals surface area contributed by atoms with Crippen molar-refractivity contribution in [3.63, 3.8) is 0 Å². The van der Waals surface area contributed by atoms with E-state index in [0.29, 0.717) is 0 Å². The first-order valence-electron chi connectivity index (χ1n) is 2.20. The van der Waals surface area contributed by atoms with Crippen molar-refractivity contribution in [1.29, 1.82) is 0 Å². The minimum Gasteiger partial charge on any atom is -0.394 e. The zero-order valence-corrected chi connectivity index (χ0v) is 5.91. The molecule has 0 aliphatic heterocycles. The first-order chi connectivity index (χ1) is 3.68. The summed E-state index contributed by atoms with van der Waals surface area (Å²) in [6.07, 6.45) is 0. The maximum absolute atomic E-state index is 8.49. The molecule has 0 aromatic heterocycles. The lowest BCUT2D eigenvalue weighted by atomic mass is 10.1. The molecule has 0 aliphatic rings. The summed E-state index contributed by atoms with van der Waals surface area (Å²) in [7, 11) is 0. The van der Waals surface area contributed by atoms with Crippen LogP contribution in [0.1, 0.15) is 0 Å². The summed E-state index contributed by atoms with van der Waals surface area (Å²) in [5, 5.41) is 8.49. The topological polar surface area (TPSA) is 46.2 Å². The zero-order chi connectivity index (χ0) is 6.62. The zero-order valence-electron chi connectivity index (χ0n) is 4.40. The molecule has 0 fully saturated rings. The molecular weight excluding hydrogens is 149 g/mol. The smallest absolute Gasteiger partial charge is 0.0662 e. The van der Waals surface area contributed by atoms with Crippen molar-refractivity contribution in [3.05, 3.63) is 0 Å². The molecular formula is C4H9Cl2NO. The lowest BCUT2D eigenvalue weighted by Gasteiger charge is -2.19. The van der Waals surface area contributed by atoms with Crippen LogP contribution in [0.15, 0.2) is 0 Å². The van der Waals surface area contributed by atoms with Gasteiger partial charge in [-0.2, -0.15) is 0 Å². The van der Waals surface area contributed by atoms with Crippen molar-refractivity contribution in [2.75, 3.05) is 18.4 Å². The first kappa shape index (κ1) is 8.50. The van der Waals surface area contributed by atoms with Gasteiger partial charge in [-0.25, -0.2) is 0 Å². The molecule has 0 saturated heterocycles. The summed E-state index contributed by atoms with van der Waals surface area (Å²) in [5.41, 5.74) is 4.59. The van der Waals surface area contributed by atoms with E-state index in [0.717, 1.165) is 0 Å². The molecule has 0 aromatic carbocycles. The Balaban J connectivity index is 3.58. The average molecular weight is 158 g/mol. The Morgan fingerprint density at radius 3 is 1.75 bits per heavy atom. The molecule has 8 heavy (non-hydrogen) atoms.